The first-order chi connectivity index (χ1) is 33.0. The molecule has 4 aromatic carbocycles. The Labute approximate surface area is 396 Å². The molecule has 358 valence electrons. The zero-order valence-electron chi connectivity index (χ0n) is 37.9. The molecule has 17 nitrogen and oxygen atoms in total. The highest BCUT2D eigenvalue weighted by Gasteiger charge is 2.20. The Kier molecular flexibility index (Phi) is 19.6. The fourth-order valence-electron chi connectivity index (χ4n) is 6.83. The Hall–Kier alpha value is -6.96. The average Bonchev–Trinajstić information content (AvgIpc) is 3.71. The predicted molar refractivity (Wildman–Crippen MR) is 259 cm³/mol. The minimum absolute atomic E-state index is 0.00671. The van der Waals surface area contributed by atoms with Crippen molar-refractivity contribution in [3.63, 3.8) is 0 Å². The van der Waals surface area contributed by atoms with Gasteiger partial charge in [0.25, 0.3) is 21.9 Å². The molecule has 0 spiro atoms. The van der Waals surface area contributed by atoms with E-state index < -0.39 is 10.1 Å². The second kappa shape index (κ2) is 26.4. The molecule has 0 saturated carbocycles. The number of carbonyl (C=O) groups excluding carboxylic acids is 3. The Morgan fingerprint density at radius 2 is 1.38 bits per heavy atom. The lowest BCUT2D eigenvalue weighted by molar-refractivity contribution is -0.130. The van der Waals surface area contributed by atoms with Crippen molar-refractivity contribution in [3.8, 4) is 5.75 Å². The lowest BCUT2D eigenvalue weighted by Crippen LogP contribution is -2.34. The SMILES string of the molecule is CN(CCc1ccccc1)C(=O)Cn1c(C(=O)NCCCOCCOCCOCCCNC(=O)c2ccc(NN=Cc3ccccc3S(=O)(=O)O)nc2)cc2cc(OCc3ccccc3)ccc21. The maximum Gasteiger partial charge on any atom is 0.295 e. The number of carbonyl (C=O) groups is 3. The van der Waals surface area contributed by atoms with Crippen molar-refractivity contribution in [2.24, 2.45) is 5.10 Å². The molecule has 0 atom stereocenters. The number of likely N-dealkylation sites (N-methyl/N-ethyl adjacent to an activating group) is 1. The highest BCUT2D eigenvalue weighted by atomic mass is 32.2. The Balaban J connectivity index is 0.832. The van der Waals surface area contributed by atoms with Gasteiger partial charge < -0.3 is 39.0 Å². The van der Waals surface area contributed by atoms with E-state index in [0.29, 0.717) is 102 Å². The van der Waals surface area contributed by atoms with Crippen LogP contribution in [0.2, 0.25) is 0 Å². The molecule has 4 N–H and O–H groups in total. The Bertz CT molecular complexity index is 2680. The molecule has 0 aliphatic carbocycles. The maximum absolute atomic E-state index is 13.6. The van der Waals surface area contributed by atoms with Crippen LogP contribution in [-0.2, 0) is 48.7 Å². The number of hydrogen-bond acceptors (Lipinski definition) is 12. The fourth-order valence-corrected chi connectivity index (χ4v) is 7.50. The van der Waals surface area contributed by atoms with E-state index in [9.17, 15) is 27.4 Å². The van der Waals surface area contributed by atoms with E-state index >= 15 is 0 Å². The lowest BCUT2D eigenvalue weighted by Gasteiger charge is -2.19. The summed E-state index contributed by atoms with van der Waals surface area (Å²) in [5.74, 6) is 0.301. The van der Waals surface area contributed by atoms with E-state index in [1.54, 1.807) is 40.8 Å². The summed E-state index contributed by atoms with van der Waals surface area (Å²) in [6.07, 6.45) is 4.53. The number of fused-ring (bicyclic) bond motifs is 1. The smallest absolute Gasteiger partial charge is 0.295 e. The van der Waals surface area contributed by atoms with E-state index in [1.165, 1.54) is 30.6 Å². The summed E-state index contributed by atoms with van der Waals surface area (Å²) in [6.45, 7) is 4.12. The van der Waals surface area contributed by atoms with Gasteiger partial charge in [-0.25, -0.2) is 4.98 Å². The molecule has 0 aliphatic heterocycles. The van der Waals surface area contributed by atoms with Crippen molar-refractivity contribution in [1.29, 1.82) is 0 Å². The quantitative estimate of drug-likeness (QED) is 0.0193. The van der Waals surface area contributed by atoms with Gasteiger partial charge in [-0.05, 0) is 72.9 Å². The second-order valence-electron chi connectivity index (χ2n) is 15.5. The van der Waals surface area contributed by atoms with Crippen molar-refractivity contribution in [3.05, 3.63) is 155 Å². The number of hydrogen-bond donors (Lipinski definition) is 4. The largest absolute Gasteiger partial charge is 0.489 e. The van der Waals surface area contributed by atoms with Gasteiger partial charge in [-0.2, -0.15) is 13.5 Å². The van der Waals surface area contributed by atoms with Gasteiger partial charge in [0.05, 0.1) is 38.2 Å². The van der Waals surface area contributed by atoms with Crippen molar-refractivity contribution in [1.82, 2.24) is 25.1 Å². The molecule has 0 bridgehead atoms. The number of hydrazone groups is 1. The molecule has 68 heavy (non-hydrogen) atoms. The first-order valence-corrected chi connectivity index (χ1v) is 23.7. The van der Waals surface area contributed by atoms with Crippen LogP contribution < -0.4 is 20.8 Å². The number of pyridine rings is 1. The first-order valence-electron chi connectivity index (χ1n) is 22.2. The Morgan fingerprint density at radius 1 is 0.750 bits per heavy atom. The normalized spacial score (nSPS) is 11.4. The van der Waals surface area contributed by atoms with Crippen LogP contribution >= 0.6 is 0 Å². The van der Waals surface area contributed by atoms with Crippen LogP contribution in [0.15, 0.2) is 138 Å². The Morgan fingerprint density at radius 3 is 2.04 bits per heavy atom. The topological polar surface area (TPSA) is 212 Å². The van der Waals surface area contributed by atoms with Crippen molar-refractivity contribution < 1.29 is 46.3 Å². The van der Waals surface area contributed by atoms with E-state index in [-0.39, 0.29) is 34.7 Å². The summed E-state index contributed by atoms with van der Waals surface area (Å²) >= 11 is 0. The van der Waals surface area contributed by atoms with E-state index in [2.05, 4.69) is 26.1 Å². The van der Waals surface area contributed by atoms with Gasteiger partial charge >= 0.3 is 0 Å². The average molecular weight is 948 g/mol. The third-order valence-electron chi connectivity index (χ3n) is 10.5. The zero-order chi connectivity index (χ0) is 48.0. The maximum atomic E-state index is 13.6. The van der Waals surface area contributed by atoms with E-state index in [0.717, 1.165) is 28.5 Å². The molecular formula is C50H57N7O10S. The van der Waals surface area contributed by atoms with Gasteiger partial charge in [0.1, 0.15) is 35.3 Å². The number of rotatable bonds is 28. The molecule has 2 aromatic heterocycles. The molecule has 0 fully saturated rings. The minimum atomic E-state index is -4.40. The standard InChI is InChI=1S/C50H57N7O10S/c1-56(25-22-38-12-4-2-5-13-38)48(58)36-57-44-20-19-43(67-37-39-14-6-3-7-15-39)32-42(44)33-45(57)50(60)52-24-11-27-65-29-31-66-30-28-64-26-10-23-51-49(59)41-18-21-47(53-34-41)55-54-35-40-16-8-9-17-46(40)68(61,62)63/h2-9,12-21,32-35H,10-11,22-31,36-37H2,1H3,(H,51,59)(H,52,60)(H,53,55)(H,61,62,63). The molecule has 2 heterocycles. The first kappa shape index (κ1) is 50.5. The van der Waals surface area contributed by atoms with E-state index in [1.807, 2.05) is 78.9 Å². The summed E-state index contributed by atoms with van der Waals surface area (Å²) in [5.41, 5.74) is 6.53. The summed E-state index contributed by atoms with van der Waals surface area (Å²) in [6, 6.07) is 36.3. The molecular weight excluding hydrogens is 891 g/mol. The summed E-state index contributed by atoms with van der Waals surface area (Å²) < 4.78 is 57.2. The highest BCUT2D eigenvalue weighted by Crippen LogP contribution is 2.26. The summed E-state index contributed by atoms with van der Waals surface area (Å²) in [5, 5.41) is 10.6. The van der Waals surface area contributed by atoms with E-state index in [4.69, 9.17) is 18.9 Å². The molecule has 6 rings (SSSR count). The third kappa shape index (κ3) is 16.1. The predicted octanol–water partition coefficient (Wildman–Crippen LogP) is 6.00. The van der Waals surface area contributed by atoms with Crippen molar-refractivity contribution in [2.45, 2.75) is 37.3 Å². The molecule has 0 aliphatic rings. The summed E-state index contributed by atoms with van der Waals surface area (Å²) in [7, 11) is -2.62. The van der Waals surface area contributed by atoms with Crippen LogP contribution in [-0.4, -0.2) is 118 Å². The fraction of sp³-hybridized carbons (Fsp3) is 0.300. The van der Waals surface area contributed by atoms with Gasteiger partial charge in [0.2, 0.25) is 5.91 Å². The number of anilines is 1. The zero-order valence-corrected chi connectivity index (χ0v) is 38.7. The molecule has 6 aromatic rings. The highest BCUT2D eigenvalue weighted by molar-refractivity contribution is 7.86. The van der Waals surface area contributed by atoms with Crippen LogP contribution in [0.25, 0.3) is 10.9 Å². The number of nitrogens with one attached hydrogen (secondary N) is 3. The molecule has 0 radical (unpaired) electrons. The molecule has 0 saturated heterocycles. The number of amides is 3. The van der Waals surface area contributed by atoms with Crippen LogP contribution in [0.4, 0.5) is 5.82 Å². The van der Waals surface area contributed by atoms with Crippen molar-refractivity contribution >= 4 is 50.8 Å². The van der Waals surface area contributed by atoms with Gasteiger partial charge in [-0.3, -0.25) is 24.4 Å². The molecule has 3 amide bonds. The number of benzene rings is 4. The third-order valence-corrected chi connectivity index (χ3v) is 11.4. The number of nitrogens with zero attached hydrogens (tertiary/aromatic N) is 4. The van der Waals surface area contributed by atoms with Gasteiger partial charge in [-0.15, -0.1) is 0 Å². The van der Waals surface area contributed by atoms with Crippen LogP contribution in [0.3, 0.4) is 0 Å². The lowest BCUT2D eigenvalue weighted by atomic mass is 10.1. The van der Waals surface area contributed by atoms with Crippen LogP contribution in [0, 0.1) is 0 Å². The van der Waals surface area contributed by atoms with Gasteiger partial charge in [0, 0.05) is 62.6 Å². The van der Waals surface area contributed by atoms with Crippen LogP contribution in [0.5, 0.6) is 5.75 Å². The summed E-state index contributed by atoms with van der Waals surface area (Å²) in [4.78, 5) is 45.2. The van der Waals surface area contributed by atoms with Crippen molar-refractivity contribution in [2.75, 3.05) is 71.7 Å². The minimum Gasteiger partial charge on any atom is -0.489 e. The van der Waals surface area contributed by atoms with Gasteiger partial charge in [0.15, 0.2) is 0 Å². The molecule has 18 heteroatoms. The van der Waals surface area contributed by atoms with Gasteiger partial charge in [-0.1, -0.05) is 78.9 Å². The second-order valence-corrected chi connectivity index (χ2v) is 16.9. The number of aromatic nitrogens is 2. The number of ether oxygens (including phenoxy) is 4. The molecule has 0 unspecified atom stereocenters. The van der Waals surface area contributed by atoms with Crippen LogP contribution in [0.1, 0.15) is 50.4 Å². The monoisotopic (exact) mass is 947 g/mol.